The molecule has 0 amide bonds. The van der Waals surface area contributed by atoms with Gasteiger partial charge in [-0.2, -0.15) is 4.98 Å². The van der Waals surface area contributed by atoms with Gasteiger partial charge in [0.25, 0.3) is 5.89 Å². The molecule has 1 N–H and O–H groups in total. The Bertz CT molecular complexity index is 477. The van der Waals surface area contributed by atoms with Gasteiger partial charge in [0.1, 0.15) is 0 Å². The zero-order valence-electron chi connectivity index (χ0n) is 9.34. The van der Waals surface area contributed by atoms with Gasteiger partial charge in [-0.15, -0.1) is 0 Å². The Morgan fingerprint density at radius 1 is 1.44 bits per heavy atom. The summed E-state index contributed by atoms with van der Waals surface area (Å²) in [5.74, 6) is 1.03. The molecule has 0 aliphatic rings. The minimum Gasteiger partial charge on any atom is -0.393 e. The van der Waals surface area contributed by atoms with Gasteiger partial charge in [0.05, 0.1) is 6.10 Å². The van der Waals surface area contributed by atoms with E-state index in [0.717, 1.165) is 11.1 Å². The molecule has 2 rings (SSSR count). The minimum absolute atomic E-state index is 0.412. The molecule has 0 bridgehead atoms. The van der Waals surface area contributed by atoms with Crippen LogP contribution in [0.15, 0.2) is 28.8 Å². The van der Waals surface area contributed by atoms with Crippen molar-refractivity contribution >= 4 is 0 Å². The van der Waals surface area contributed by atoms with E-state index in [1.165, 1.54) is 0 Å². The van der Waals surface area contributed by atoms with E-state index in [0.29, 0.717) is 18.1 Å². The van der Waals surface area contributed by atoms with Crippen LogP contribution >= 0.6 is 0 Å². The first-order chi connectivity index (χ1) is 7.65. The fourth-order valence-corrected chi connectivity index (χ4v) is 1.50. The van der Waals surface area contributed by atoms with E-state index in [9.17, 15) is 5.11 Å². The van der Waals surface area contributed by atoms with Crippen molar-refractivity contribution in [3.63, 3.8) is 0 Å². The van der Waals surface area contributed by atoms with Crippen molar-refractivity contribution in [2.45, 2.75) is 26.4 Å². The summed E-state index contributed by atoms with van der Waals surface area (Å²) >= 11 is 0. The third-order valence-corrected chi connectivity index (χ3v) is 2.21. The maximum Gasteiger partial charge on any atom is 0.257 e. The van der Waals surface area contributed by atoms with E-state index < -0.39 is 6.10 Å². The van der Waals surface area contributed by atoms with Crippen LogP contribution in [0.2, 0.25) is 0 Å². The van der Waals surface area contributed by atoms with Crippen LogP contribution in [0.3, 0.4) is 0 Å². The van der Waals surface area contributed by atoms with Crippen LogP contribution in [0.1, 0.15) is 18.3 Å². The predicted molar refractivity (Wildman–Crippen MR) is 59.9 cm³/mol. The van der Waals surface area contributed by atoms with E-state index in [-0.39, 0.29) is 0 Å². The summed E-state index contributed by atoms with van der Waals surface area (Å²) in [6.45, 7) is 3.71. The SMILES string of the molecule is Cc1cccc(-c2nc(CC(C)O)no2)c1. The van der Waals surface area contributed by atoms with Gasteiger partial charge < -0.3 is 9.63 Å². The van der Waals surface area contributed by atoms with Crippen LogP contribution < -0.4 is 0 Å². The van der Waals surface area contributed by atoms with Crippen LogP contribution in [-0.2, 0) is 6.42 Å². The standard InChI is InChI=1S/C12H14N2O2/c1-8-4-3-5-10(6-8)12-13-11(14-16-12)7-9(2)15/h3-6,9,15H,7H2,1-2H3. The van der Waals surface area contributed by atoms with E-state index in [4.69, 9.17) is 4.52 Å². The Morgan fingerprint density at radius 3 is 2.94 bits per heavy atom. The van der Waals surface area contributed by atoms with E-state index in [1.54, 1.807) is 6.92 Å². The molecule has 16 heavy (non-hydrogen) atoms. The van der Waals surface area contributed by atoms with Crippen molar-refractivity contribution in [2.24, 2.45) is 0 Å². The molecule has 0 radical (unpaired) electrons. The summed E-state index contributed by atoms with van der Waals surface area (Å²) in [7, 11) is 0. The van der Waals surface area contributed by atoms with Gasteiger partial charge in [0.2, 0.25) is 0 Å². The zero-order valence-corrected chi connectivity index (χ0v) is 9.34. The van der Waals surface area contributed by atoms with Crippen LogP contribution in [0.25, 0.3) is 11.5 Å². The number of hydrogen-bond acceptors (Lipinski definition) is 4. The van der Waals surface area contributed by atoms with Crippen molar-refractivity contribution in [3.05, 3.63) is 35.7 Å². The van der Waals surface area contributed by atoms with Crippen LogP contribution in [0, 0.1) is 6.92 Å². The number of aromatic nitrogens is 2. The Morgan fingerprint density at radius 2 is 2.25 bits per heavy atom. The van der Waals surface area contributed by atoms with Gasteiger partial charge in [0.15, 0.2) is 5.82 Å². The molecule has 0 fully saturated rings. The average molecular weight is 218 g/mol. The number of nitrogens with zero attached hydrogens (tertiary/aromatic N) is 2. The lowest BCUT2D eigenvalue weighted by atomic mass is 10.1. The Balaban J connectivity index is 2.24. The molecule has 0 saturated heterocycles. The van der Waals surface area contributed by atoms with Crippen molar-refractivity contribution in [2.75, 3.05) is 0 Å². The highest BCUT2D eigenvalue weighted by Crippen LogP contribution is 2.18. The summed E-state index contributed by atoms with van der Waals surface area (Å²) in [6, 6.07) is 7.87. The number of hydrogen-bond donors (Lipinski definition) is 1. The Labute approximate surface area is 93.9 Å². The highest BCUT2D eigenvalue weighted by molar-refractivity contribution is 5.53. The van der Waals surface area contributed by atoms with Crippen molar-refractivity contribution < 1.29 is 9.63 Å². The first-order valence-corrected chi connectivity index (χ1v) is 5.23. The van der Waals surface area contributed by atoms with Gasteiger partial charge in [-0.05, 0) is 26.0 Å². The number of benzene rings is 1. The highest BCUT2D eigenvalue weighted by atomic mass is 16.5. The van der Waals surface area contributed by atoms with Crippen molar-refractivity contribution in [1.29, 1.82) is 0 Å². The summed E-state index contributed by atoms with van der Waals surface area (Å²) in [5, 5.41) is 13.0. The molecule has 0 saturated carbocycles. The lowest BCUT2D eigenvalue weighted by Crippen LogP contribution is -2.05. The maximum absolute atomic E-state index is 9.21. The van der Waals surface area contributed by atoms with Gasteiger partial charge in [-0.1, -0.05) is 22.9 Å². The van der Waals surface area contributed by atoms with Gasteiger partial charge in [-0.3, -0.25) is 0 Å². The molecule has 1 aromatic carbocycles. The molecule has 0 aliphatic heterocycles. The number of aryl methyl sites for hydroxylation is 1. The Hall–Kier alpha value is -1.68. The van der Waals surface area contributed by atoms with Crippen LogP contribution in [0.5, 0.6) is 0 Å². The second-order valence-corrected chi connectivity index (χ2v) is 3.94. The van der Waals surface area contributed by atoms with Crippen molar-refractivity contribution in [1.82, 2.24) is 10.1 Å². The van der Waals surface area contributed by atoms with Crippen LogP contribution in [0.4, 0.5) is 0 Å². The molecule has 4 nitrogen and oxygen atoms in total. The van der Waals surface area contributed by atoms with Crippen LogP contribution in [-0.4, -0.2) is 21.4 Å². The smallest absolute Gasteiger partial charge is 0.257 e. The number of aliphatic hydroxyl groups is 1. The molecular formula is C12H14N2O2. The third kappa shape index (κ3) is 2.46. The summed E-state index contributed by atoms with van der Waals surface area (Å²) in [5.41, 5.74) is 2.05. The minimum atomic E-state index is -0.456. The van der Waals surface area contributed by atoms with Gasteiger partial charge >= 0.3 is 0 Å². The number of aliphatic hydroxyl groups excluding tert-OH is 1. The van der Waals surface area contributed by atoms with E-state index >= 15 is 0 Å². The maximum atomic E-state index is 9.21. The largest absolute Gasteiger partial charge is 0.393 e. The molecule has 1 unspecified atom stereocenters. The highest BCUT2D eigenvalue weighted by Gasteiger charge is 2.10. The lowest BCUT2D eigenvalue weighted by Gasteiger charge is -1.96. The quantitative estimate of drug-likeness (QED) is 0.855. The molecule has 4 heteroatoms. The fourth-order valence-electron chi connectivity index (χ4n) is 1.50. The molecule has 1 aromatic heterocycles. The molecule has 0 aliphatic carbocycles. The fraction of sp³-hybridized carbons (Fsp3) is 0.333. The summed E-state index contributed by atoms with van der Waals surface area (Å²) in [6.07, 6.45) is -0.0436. The molecule has 1 heterocycles. The predicted octanol–water partition coefficient (Wildman–Crippen LogP) is 1.97. The van der Waals surface area contributed by atoms with E-state index in [2.05, 4.69) is 10.1 Å². The Kier molecular flexibility index (Phi) is 3.01. The molecule has 0 spiro atoms. The molecular weight excluding hydrogens is 204 g/mol. The zero-order chi connectivity index (χ0) is 11.5. The summed E-state index contributed by atoms with van der Waals surface area (Å²) < 4.78 is 5.13. The normalized spacial score (nSPS) is 12.7. The van der Waals surface area contributed by atoms with E-state index in [1.807, 2.05) is 31.2 Å². The first kappa shape index (κ1) is 10.8. The van der Waals surface area contributed by atoms with Crippen molar-refractivity contribution in [3.8, 4) is 11.5 Å². The third-order valence-electron chi connectivity index (χ3n) is 2.21. The summed E-state index contributed by atoms with van der Waals surface area (Å²) in [4.78, 5) is 4.22. The topological polar surface area (TPSA) is 59.2 Å². The molecule has 84 valence electrons. The monoisotopic (exact) mass is 218 g/mol. The molecule has 1 atom stereocenters. The lowest BCUT2D eigenvalue weighted by molar-refractivity contribution is 0.191. The van der Waals surface area contributed by atoms with Gasteiger partial charge in [0, 0.05) is 12.0 Å². The second kappa shape index (κ2) is 4.45. The molecule has 2 aromatic rings. The van der Waals surface area contributed by atoms with Gasteiger partial charge in [-0.25, -0.2) is 0 Å². The number of rotatable bonds is 3. The first-order valence-electron chi connectivity index (χ1n) is 5.23. The average Bonchev–Trinajstić information content (AvgIpc) is 2.65. The second-order valence-electron chi connectivity index (χ2n) is 3.94.